The molecule has 2 aromatic rings. The number of aryl methyl sites for hydroxylation is 1. The van der Waals surface area contributed by atoms with Gasteiger partial charge in [-0.1, -0.05) is 11.6 Å². The van der Waals surface area contributed by atoms with Crippen LogP contribution in [0.25, 0.3) is 10.9 Å². The number of nitrogens with two attached hydrogens (primary N) is 1. The number of fused-ring (bicyclic) bond motifs is 2. The minimum absolute atomic E-state index is 0.924. The van der Waals surface area contributed by atoms with Crippen molar-refractivity contribution in [3.63, 3.8) is 0 Å². The maximum atomic E-state index is 6.37. The van der Waals surface area contributed by atoms with Crippen LogP contribution >= 0.6 is 0 Å². The maximum absolute atomic E-state index is 6.37. The van der Waals surface area contributed by atoms with Crippen LogP contribution in [0.15, 0.2) is 18.2 Å². The molecule has 0 saturated heterocycles. The van der Waals surface area contributed by atoms with Crippen molar-refractivity contribution in [3.8, 4) is 0 Å². The molecule has 0 bridgehead atoms. The van der Waals surface area contributed by atoms with Gasteiger partial charge in [0.1, 0.15) is 5.82 Å². The zero-order chi connectivity index (χ0) is 12.7. The molecule has 1 aromatic heterocycles. The Morgan fingerprint density at radius 2 is 2.11 bits per heavy atom. The summed E-state index contributed by atoms with van der Waals surface area (Å²) < 4.78 is 0. The zero-order valence-electron chi connectivity index (χ0n) is 11.0. The fourth-order valence-electron chi connectivity index (χ4n) is 2.75. The quantitative estimate of drug-likeness (QED) is 0.771. The lowest BCUT2D eigenvalue weighted by Crippen LogP contribution is -2.19. The van der Waals surface area contributed by atoms with E-state index in [0.29, 0.717) is 0 Å². The Labute approximate surface area is 108 Å². The van der Waals surface area contributed by atoms with Crippen molar-refractivity contribution >= 4 is 22.4 Å². The second-order valence-corrected chi connectivity index (χ2v) is 5.23. The Hall–Kier alpha value is -1.77. The Balaban J connectivity index is 2.31. The zero-order valence-corrected chi connectivity index (χ0v) is 11.0. The van der Waals surface area contributed by atoms with E-state index in [9.17, 15) is 0 Å². The van der Waals surface area contributed by atoms with Crippen LogP contribution in [0.2, 0.25) is 0 Å². The molecule has 1 aromatic carbocycles. The molecule has 3 heteroatoms. The van der Waals surface area contributed by atoms with Crippen LogP contribution in [0, 0.1) is 6.92 Å². The van der Waals surface area contributed by atoms with Gasteiger partial charge in [0.05, 0.1) is 5.52 Å². The Morgan fingerprint density at radius 1 is 1.28 bits per heavy atom. The number of aromatic nitrogens is 1. The fraction of sp³-hybridized carbons (Fsp3) is 0.400. The lowest BCUT2D eigenvalue weighted by atomic mass is 10.0. The molecule has 0 fully saturated rings. The first-order chi connectivity index (χ1) is 8.66. The second-order valence-electron chi connectivity index (χ2n) is 5.23. The van der Waals surface area contributed by atoms with Crippen molar-refractivity contribution in [3.05, 3.63) is 29.3 Å². The third-order valence-corrected chi connectivity index (χ3v) is 3.80. The van der Waals surface area contributed by atoms with Gasteiger partial charge in [-0.05, 0) is 38.3 Å². The van der Waals surface area contributed by atoms with Gasteiger partial charge in [-0.3, -0.25) is 0 Å². The highest BCUT2D eigenvalue weighted by Gasteiger charge is 2.18. The number of benzene rings is 1. The van der Waals surface area contributed by atoms with Gasteiger partial charge in [0.2, 0.25) is 0 Å². The van der Waals surface area contributed by atoms with Crippen LogP contribution < -0.4 is 10.6 Å². The van der Waals surface area contributed by atoms with Gasteiger partial charge >= 0.3 is 0 Å². The highest BCUT2D eigenvalue weighted by Crippen LogP contribution is 2.33. The van der Waals surface area contributed by atoms with E-state index in [4.69, 9.17) is 10.7 Å². The molecular weight excluding hydrogens is 222 g/mol. The molecule has 2 heterocycles. The molecule has 0 atom stereocenters. The lowest BCUT2D eigenvalue weighted by molar-refractivity contribution is 0.749. The number of nitrogens with zero attached hydrogens (tertiary/aromatic N) is 2. The van der Waals surface area contributed by atoms with Crippen molar-refractivity contribution < 1.29 is 0 Å². The highest BCUT2D eigenvalue weighted by molar-refractivity contribution is 5.94. The molecule has 2 N–H and O–H groups in total. The van der Waals surface area contributed by atoms with Crippen LogP contribution in [-0.2, 0) is 6.42 Å². The van der Waals surface area contributed by atoms with Crippen molar-refractivity contribution in [1.82, 2.24) is 4.98 Å². The van der Waals surface area contributed by atoms with E-state index < -0.39 is 0 Å². The summed E-state index contributed by atoms with van der Waals surface area (Å²) in [6.45, 7) is 3.16. The van der Waals surface area contributed by atoms with Crippen molar-refractivity contribution in [1.29, 1.82) is 0 Å². The first-order valence-corrected chi connectivity index (χ1v) is 6.56. The standard InChI is InChI=1S/C15H19N3/c1-10-6-7-13-12(9-10)14(16)11-5-3-4-8-18(2)15(11)17-13/h6-7,9H,3-5,8H2,1-2H3,(H2,16,17). The molecule has 18 heavy (non-hydrogen) atoms. The lowest BCUT2D eigenvalue weighted by Gasteiger charge is -2.20. The summed E-state index contributed by atoms with van der Waals surface area (Å²) >= 11 is 0. The number of nitrogen functional groups attached to an aromatic ring is 1. The smallest absolute Gasteiger partial charge is 0.134 e. The predicted molar refractivity (Wildman–Crippen MR) is 77.1 cm³/mol. The number of hydrogen-bond acceptors (Lipinski definition) is 3. The van der Waals surface area contributed by atoms with Crippen LogP contribution in [-0.4, -0.2) is 18.6 Å². The maximum Gasteiger partial charge on any atom is 0.134 e. The molecule has 0 unspecified atom stereocenters. The summed E-state index contributed by atoms with van der Waals surface area (Å²) in [5.74, 6) is 1.07. The summed E-state index contributed by atoms with van der Waals surface area (Å²) in [6.07, 6.45) is 3.45. The van der Waals surface area contributed by atoms with Crippen LogP contribution in [0.1, 0.15) is 24.0 Å². The van der Waals surface area contributed by atoms with E-state index in [1.807, 2.05) is 0 Å². The van der Waals surface area contributed by atoms with Crippen LogP contribution in [0.5, 0.6) is 0 Å². The molecule has 1 aliphatic heterocycles. The van der Waals surface area contributed by atoms with E-state index in [0.717, 1.165) is 35.4 Å². The van der Waals surface area contributed by atoms with Crippen LogP contribution in [0.3, 0.4) is 0 Å². The van der Waals surface area contributed by atoms with Crippen LogP contribution in [0.4, 0.5) is 11.5 Å². The number of anilines is 2. The van der Waals surface area contributed by atoms with Gasteiger partial charge in [0, 0.05) is 30.2 Å². The molecule has 0 amide bonds. The molecule has 3 nitrogen and oxygen atoms in total. The summed E-state index contributed by atoms with van der Waals surface area (Å²) in [4.78, 5) is 7.04. The SMILES string of the molecule is Cc1ccc2nc3c(c(N)c2c1)CCCCN3C. The average Bonchev–Trinajstić information content (AvgIpc) is 2.54. The second kappa shape index (κ2) is 4.16. The normalized spacial score (nSPS) is 15.6. The Morgan fingerprint density at radius 3 is 2.94 bits per heavy atom. The third-order valence-electron chi connectivity index (χ3n) is 3.80. The molecule has 3 rings (SSSR count). The first kappa shape index (κ1) is 11.3. The minimum atomic E-state index is 0.924. The topological polar surface area (TPSA) is 42.1 Å². The van der Waals surface area contributed by atoms with E-state index >= 15 is 0 Å². The summed E-state index contributed by atoms with van der Waals surface area (Å²) in [5, 5.41) is 1.10. The molecule has 94 valence electrons. The number of hydrogen-bond donors (Lipinski definition) is 1. The third kappa shape index (κ3) is 1.70. The number of rotatable bonds is 0. The molecule has 0 saturated carbocycles. The van der Waals surface area contributed by atoms with E-state index in [1.165, 1.54) is 24.0 Å². The molecular formula is C15H19N3. The predicted octanol–water partition coefficient (Wildman–Crippen LogP) is 2.90. The van der Waals surface area contributed by atoms with Gasteiger partial charge in [-0.15, -0.1) is 0 Å². The fourth-order valence-corrected chi connectivity index (χ4v) is 2.75. The Bertz CT molecular complexity index is 604. The van der Waals surface area contributed by atoms with Gasteiger partial charge in [0.15, 0.2) is 0 Å². The van der Waals surface area contributed by atoms with Gasteiger partial charge < -0.3 is 10.6 Å². The molecule has 0 radical (unpaired) electrons. The van der Waals surface area contributed by atoms with Gasteiger partial charge in [-0.2, -0.15) is 0 Å². The largest absolute Gasteiger partial charge is 0.398 e. The monoisotopic (exact) mass is 241 g/mol. The van der Waals surface area contributed by atoms with Crippen molar-refractivity contribution in [2.45, 2.75) is 26.2 Å². The van der Waals surface area contributed by atoms with E-state index in [-0.39, 0.29) is 0 Å². The molecule has 1 aliphatic rings. The van der Waals surface area contributed by atoms with Gasteiger partial charge in [-0.25, -0.2) is 4.98 Å². The number of pyridine rings is 1. The summed E-state index contributed by atoms with van der Waals surface area (Å²) in [6, 6.07) is 6.31. The van der Waals surface area contributed by atoms with E-state index in [1.54, 1.807) is 0 Å². The van der Waals surface area contributed by atoms with Crippen molar-refractivity contribution in [2.24, 2.45) is 0 Å². The summed E-state index contributed by atoms with van der Waals surface area (Å²) in [7, 11) is 2.11. The average molecular weight is 241 g/mol. The minimum Gasteiger partial charge on any atom is -0.398 e. The molecule has 0 spiro atoms. The Kier molecular flexibility index (Phi) is 2.62. The summed E-state index contributed by atoms with van der Waals surface area (Å²) in [5.41, 5.74) is 10.8. The van der Waals surface area contributed by atoms with Crippen molar-refractivity contribution in [2.75, 3.05) is 24.2 Å². The van der Waals surface area contributed by atoms with Gasteiger partial charge in [0.25, 0.3) is 0 Å². The molecule has 0 aliphatic carbocycles. The highest BCUT2D eigenvalue weighted by atomic mass is 15.2. The van der Waals surface area contributed by atoms with E-state index in [2.05, 4.69) is 37.1 Å². The first-order valence-electron chi connectivity index (χ1n) is 6.56.